The van der Waals surface area contributed by atoms with Gasteiger partial charge in [0, 0.05) is 0 Å². The third kappa shape index (κ3) is 3.00. The quantitative estimate of drug-likeness (QED) is 0.848. The number of ether oxygens (including phenoxy) is 2. The lowest BCUT2D eigenvalue weighted by Gasteiger charge is -2.10. The molecule has 1 aromatic carbocycles. The third-order valence-electron chi connectivity index (χ3n) is 3.06. The number of hydrogen-bond acceptors (Lipinski definition) is 4. The zero-order chi connectivity index (χ0) is 13.8. The maximum atomic E-state index is 11.8. The summed E-state index contributed by atoms with van der Waals surface area (Å²) in [6, 6.07) is 13.8. The second-order valence-corrected chi connectivity index (χ2v) is 5.49. The monoisotopic (exact) mass is 289 g/mol. The molecule has 1 aromatic heterocycles. The molecule has 2 heterocycles. The lowest BCUT2D eigenvalue weighted by atomic mass is 10.2. The second kappa shape index (κ2) is 6.07. The molecule has 0 aliphatic carbocycles. The Morgan fingerprint density at radius 2 is 2.10 bits per heavy atom. The van der Waals surface area contributed by atoms with Crippen molar-refractivity contribution in [1.82, 2.24) is 0 Å². The van der Waals surface area contributed by atoms with E-state index in [1.807, 2.05) is 47.8 Å². The number of carbonyl (C=O) groups is 1. The van der Waals surface area contributed by atoms with Gasteiger partial charge < -0.3 is 9.47 Å². The fraction of sp³-hybridized carbons (Fsp3) is 0.267. The van der Waals surface area contributed by atoms with Gasteiger partial charge in [0.15, 0.2) is 0 Å². The van der Waals surface area contributed by atoms with Crippen LogP contribution in [0.3, 0.4) is 0 Å². The lowest BCUT2D eigenvalue weighted by Crippen LogP contribution is -2.25. The van der Waals surface area contributed by atoms with Crippen LogP contribution < -0.4 is 4.90 Å². The zero-order valence-electron chi connectivity index (χ0n) is 10.9. The molecule has 2 aromatic rings. The van der Waals surface area contributed by atoms with Crippen molar-refractivity contribution < 1.29 is 14.3 Å². The predicted molar refractivity (Wildman–Crippen MR) is 78.0 cm³/mol. The summed E-state index contributed by atoms with van der Waals surface area (Å²) in [4.78, 5) is 13.4. The SMILES string of the molecule is O=C1O[C@@H](COCc2ccccc2)CN1c1cccs1. The van der Waals surface area contributed by atoms with Gasteiger partial charge in [-0.2, -0.15) is 0 Å². The minimum absolute atomic E-state index is 0.201. The van der Waals surface area contributed by atoms with E-state index in [2.05, 4.69) is 0 Å². The highest BCUT2D eigenvalue weighted by Gasteiger charge is 2.32. The van der Waals surface area contributed by atoms with Crippen LogP contribution in [0.15, 0.2) is 47.8 Å². The first kappa shape index (κ1) is 13.1. The molecule has 3 rings (SSSR count). The van der Waals surface area contributed by atoms with Gasteiger partial charge in [0.05, 0.1) is 19.8 Å². The summed E-state index contributed by atoms with van der Waals surface area (Å²) >= 11 is 1.53. The molecule has 1 aliphatic rings. The van der Waals surface area contributed by atoms with E-state index in [1.54, 1.807) is 4.90 Å². The molecule has 0 N–H and O–H groups in total. The molecule has 1 atom stereocenters. The molecule has 0 radical (unpaired) electrons. The Morgan fingerprint density at radius 1 is 1.25 bits per heavy atom. The molecule has 1 aliphatic heterocycles. The van der Waals surface area contributed by atoms with E-state index in [0.717, 1.165) is 10.6 Å². The molecular formula is C15H15NO3S. The standard InChI is InChI=1S/C15H15NO3S/c17-15-16(14-7-4-8-20-14)9-13(19-15)11-18-10-12-5-2-1-3-6-12/h1-8,13H,9-11H2/t13-/m1/s1. The van der Waals surface area contributed by atoms with Crippen LogP contribution in [-0.4, -0.2) is 25.3 Å². The summed E-state index contributed by atoms with van der Waals surface area (Å²) in [6.07, 6.45) is -0.492. The van der Waals surface area contributed by atoms with Crippen molar-refractivity contribution in [2.45, 2.75) is 12.7 Å². The largest absolute Gasteiger partial charge is 0.441 e. The Labute approximate surface area is 121 Å². The second-order valence-electron chi connectivity index (χ2n) is 4.57. The van der Waals surface area contributed by atoms with Crippen molar-refractivity contribution >= 4 is 22.4 Å². The van der Waals surface area contributed by atoms with E-state index in [0.29, 0.717) is 19.8 Å². The highest BCUT2D eigenvalue weighted by molar-refractivity contribution is 7.14. The molecule has 1 fully saturated rings. The van der Waals surface area contributed by atoms with Crippen LogP contribution in [0.2, 0.25) is 0 Å². The maximum Gasteiger partial charge on any atom is 0.415 e. The van der Waals surface area contributed by atoms with Crippen molar-refractivity contribution in [3.8, 4) is 0 Å². The lowest BCUT2D eigenvalue weighted by molar-refractivity contribution is 0.0381. The summed E-state index contributed by atoms with van der Waals surface area (Å²) in [6.45, 7) is 1.50. The van der Waals surface area contributed by atoms with Crippen LogP contribution in [-0.2, 0) is 16.1 Å². The van der Waals surface area contributed by atoms with Crippen LogP contribution in [0.4, 0.5) is 9.80 Å². The molecule has 4 nitrogen and oxygen atoms in total. The fourth-order valence-corrected chi connectivity index (χ4v) is 2.82. The summed E-state index contributed by atoms with van der Waals surface area (Å²) in [5.41, 5.74) is 1.12. The number of anilines is 1. The minimum Gasteiger partial charge on any atom is -0.441 e. The Morgan fingerprint density at radius 3 is 2.85 bits per heavy atom. The van der Waals surface area contributed by atoms with Gasteiger partial charge in [-0.15, -0.1) is 11.3 Å². The number of carbonyl (C=O) groups excluding carboxylic acids is 1. The number of cyclic esters (lactones) is 1. The smallest absolute Gasteiger partial charge is 0.415 e. The van der Waals surface area contributed by atoms with Gasteiger partial charge in [-0.3, -0.25) is 4.90 Å². The van der Waals surface area contributed by atoms with Crippen LogP contribution in [0, 0.1) is 0 Å². The molecule has 1 amide bonds. The molecular weight excluding hydrogens is 274 g/mol. The molecule has 104 valence electrons. The maximum absolute atomic E-state index is 11.8. The number of rotatable bonds is 5. The summed E-state index contributed by atoms with van der Waals surface area (Å²) in [5, 5.41) is 2.86. The van der Waals surface area contributed by atoms with Gasteiger partial charge in [-0.05, 0) is 23.1 Å². The molecule has 0 spiro atoms. The Kier molecular flexibility index (Phi) is 3.99. The molecule has 1 saturated heterocycles. The number of thiophene rings is 1. The topological polar surface area (TPSA) is 38.8 Å². The molecule has 20 heavy (non-hydrogen) atoms. The van der Waals surface area contributed by atoms with E-state index in [-0.39, 0.29) is 12.2 Å². The normalized spacial score (nSPS) is 18.3. The number of amides is 1. The fourth-order valence-electron chi connectivity index (χ4n) is 2.09. The van der Waals surface area contributed by atoms with E-state index >= 15 is 0 Å². The molecule has 5 heteroatoms. The first-order valence-corrected chi connectivity index (χ1v) is 7.34. The Hall–Kier alpha value is -1.85. The zero-order valence-corrected chi connectivity index (χ0v) is 11.7. The Bertz CT molecular complexity index is 556. The Balaban J connectivity index is 1.49. The van der Waals surface area contributed by atoms with Crippen LogP contribution in [0.1, 0.15) is 5.56 Å². The van der Waals surface area contributed by atoms with Crippen molar-refractivity contribution in [3.05, 3.63) is 53.4 Å². The van der Waals surface area contributed by atoms with Crippen molar-refractivity contribution in [3.63, 3.8) is 0 Å². The van der Waals surface area contributed by atoms with E-state index in [1.165, 1.54) is 11.3 Å². The van der Waals surface area contributed by atoms with Gasteiger partial charge in [0.2, 0.25) is 0 Å². The predicted octanol–water partition coefficient (Wildman–Crippen LogP) is 3.29. The van der Waals surface area contributed by atoms with Gasteiger partial charge in [0.25, 0.3) is 0 Å². The van der Waals surface area contributed by atoms with Crippen molar-refractivity contribution in [2.24, 2.45) is 0 Å². The van der Waals surface area contributed by atoms with E-state index in [9.17, 15) is 4.79 Å². The van der Waals surface area contributed by atoms with Gasteiger partial charge in [-0.25, -0.2) is 4.79 Å². The number of nitrogens with zero attached hydrogens (tertiary/aromatic N) is 1. The summed E-state index contributed by atoms with van der Waals surface area (Å²) in [5.74, 6) is 0. The van der Waals surface area contributed by atoms with Crippen LogP contribution in [0.5, 0.6) is 0 Å². The minimum atomic E-state index is -0.291. The first-order chi connectivity index (χ1) is 9.83. The molecule has 0 saturated carbocycles. The van der Waals surface area contributed by atoms with Crippen molar-refractivity contribution in [1.29, 1.82) is 0 Å². The van der Waals surface area contributed by atoms with Gasteiger partial charge >= 0.3 is 6.09 Å². The summed E-state index contributed by atoms with van der Waals surface area (Å²) in [7, 11) is 0. The average molecular weight is 289 g/mol. The van der Waals surface area contributed by atoms with Gasteiger partial charge in [-0.1, -0.05) is 30.3 Å². The van der Waals surface area contributed by atoms with Crippen LogP contribution in [0.25, 0.3) is 0 Å². The first-order valence-electron chi connectivity index (χ1n) is 6.46. The highest BCUT2D eigenvalue weighted by Crippen LogP contribution is 2.26. The molecule has 0 unspecified atom stereocenters. The van der Waals surface area contributed by atoms with E-state index in [4.69, 9.17) is 9.47 Å². The summed E-state index contributed by atoms with van der Waals surface area (Å²) < 4.78 is 10.9. The van der Waals surface area contributed by atoms with Crippen molar-refractivity contribution in [2.75, 3.05) is 18.1 Å². The third-order valence-corrected chi connectivity index (χ3v) is 3.95. The number of hydrogen-bond donors (Lipinski definition) is 0. The van der Waals surface area contributed by atoms with E-state index < -0.39 is 0 Å². The molecule has 0 bridgehead atoms. The highest BCUT2D eigenvalue weighted by atomic mass is 32.1. The van der Waals surface area contributed by atoms with Gasteiger partial charge in [0.1, 0.15) is 11.1 Å². The van der Waals surface area contributed by atoms with Crippen LogP contribution >= 0.6 is 11.3 Å². The average Bonchev–Trinajstić information content (AvgIpc) is 3.09. The number of benzene rings is 1.